The Morgan fingerprint density at radius 3 is 2.68 bits per heavy atom. The maximum atomic E-state index is 12.2. The third kappa shape index (κ3) is 2.44. The summed E-state index contributed by atoms with van der Waals surface area (Å²) in [4.78, 5) is 12.2. The largest absolute Gasteiger partial charge is 0.466 e. The molecule has 0 amide bonds. The van der Waals surface area contributed by atoms with E-state index in [1.807, 2.05) is 49.4 Å². The lowest BCUT2D eigenvalue weighted by Gasteiger charge is -2.30. The summed E-state index contributed by atoms with van der Waals surface area (Å²) in [7, 11) is 1.38. The molecule has 5 heteroatoms. The number of benzene rings is 2. The molecule has 1 aliphatic heterocycles. The average Bonchev–Trinajstić information content (AvgIpc) is 2.53. The zero-order chi connectivity index (χ0) is 15.7. The molecular formula is C17H16N2O2S. The Labute approximate surface area is 134 Å². The highest BCUT2D eigenvalue weighted by Crippen LogP contribution is 2.32. The Hall–Kier alpha value is -2.40. The van der Waals surface area contributed by atoms with Gasteiger partial charge in [-0.05, 0) is 35.5 Å². The first-order valence-corrected chi connectivity index (χ1v) is 7.37. The van der Waals surface area contributed by atoms with Crippen LogP contribution in [0.15, 0.2) is 53.7 Å². The number of allylic oxidation sites excluding steroid dienone is 1. The molecule has 1 atom stereocenters. The quantitative estimate of drug-likeness (QED) is 0.660. The minimum atomic E-state index is -0.363. The fourth-order valence-electron chi connectivity index (χ4n) is 2.81. The van der Waals surface area contributed by atoms with E-state index in [2.05, 4.69) is 10.6 Å². The van der Waals surface area contributed by atoms with Crippen molar-refractivity contribution in [2.75, 3.05) is 7.11 Å². The van der Waals surface area contributed by atoms with Crippen molar-refractivity contribution in [3.63, 3.8) is 0 Å². The van der Waals surface area contributed by atoms with E-state index in [0.29, 0.717) is 16.4 Å². The second-order valence-corrected chi connectivity index (χ2v) is 5.54. The van der Waals surface area contributed by atoms with Crippen molar-refractivity contribution < 1.29 is 9.53 Å². The predicted molar refractivity (Wildman–Crippen MR) is 90.3 cm³/mol. The number of esters is 1. The number of carbonyl (C=O) groups excluding carboxylic acids is 1. The van der Waals surface area contributed by atoms with Gasteiger partial charge in [0.2, 0.25) is 0 Å². The molecule has 2 aromatic rings. The Bertz CT molecular complexity index is 793. The summed E-state index contributed by atoms with van der Waals surface area (Å²) in [6.45, 7) is 1.83. The van der Waals surface area contributed by atoms with Crippen LogP contribution < -0.4 is 10.6 Å². The number of ether oxygens (including phenoxy) is 1. The van der Waals surface area contributed by atoms with Gasteiger partial charge in [-0.25, -0.2) is 4.79 Å². The highest BCUT2D eigenvalue weighted by Gasteiger charge is 2.31. The molecule has 1 unspecified atom stereocenters. The molecule has 4 nitrogen and oxygen atoms in total. The van der Waals surface area contributed by atoms with Crippen LogP contribution >= 0.6 is 12.2 Å². The lowest BCUT2D eigenvalue weighted by Crippen LogP contribution is -2.45. The third-order valence-electron chi connectivity index (χ3n) is 3.81. The van der Waals surface area contributed by atoms with Crippen LogP contribution in [-0.2, 0) is 9.53 Å². The van der Waals surface area contributed by atoms with Crippen molar-refractivity contribution in [3.8, 4) is 0 Å². The second kappa shape index (κ2) is 5.77. The van der Waals surface area contributed by atoms with Gasteiger partial charge in [0.25, 0.3) is 0 Å². The van der Waals surface area contributed by atoms with E-state index in [9.17, 15) is 4.79 Å². The van der Waals surface area contributed by atoms with E-state index in [4.69, 9.17) is 17.0 Å². The van der Waals surface area contributed by atoms with E-state index < -0.39 is 0 Å². The minimum absolute atomic E-state index is 0.327. The number of rotatable bonds is 2. The van der Waals surface area contributed by atoms with Crippen LogP contribution in [0.4, 0.5) is 0 Å². The fourth-order valence-corrected chi connectivity index (χ4v) is 3.08. The van der Waals surface area contributed by atoms with Crippen molar-refractivity contribution in [2.24, 2.45) is 0 Å². The summed E-state index contributed by atoms with van der Waals surface area (Å²) in [6.07, 6.45) is 0. The number of fused-ring (bicyclic) bond motifs is 1. The van der Waals surface area contributed by atoms with E-state index in [1.54, 1.807) is 0 Å². The first kappa shape index (κ1) is 14.5. The molecule has 0 aliphatic carbocycles. The van der Waals surface area contributed by atoms with Crippen molar-refractivity contribution in [1.82, 2.24) is 10.6 Å². The Morgan fingerprint density at radius 2 is 1.91 bits per heavy atom. The Kier molecular flexibility index (Phi) is 3.81. The van der Waals surface area contributed by atoms with Crippen molar-refractivity contribution in [2.45, 2.75) is 13.0 Å². The van der Waals surface area contributed by atoms with Crippen LogP contribution in [0.1, 0.15) is 18.5 Å². The van der Waals surface area contributed by atoms with Crippen molar-refractivity contribution in [1.29, 1.82) is 0 Å². The van der Waals surface area contributed by atoms with Crippen LogP contribution in [0.5, 0.6) is 0 Å². The molecule has 22 heavy (non-hydrogen) atoms. The zero-order valence-electron chi connectivity index (χ0n) is 12.3. The maximum Gasteiger partial charge on any atom is 0.337 e. The van der Waals surface area contributed by atoms with Crippen LogP contribution in [0, 0.1) is 0 Å². The van der Waals surface area contributed by atoms with E-state index in [0.717, 1.165) is 16.3 Å². The van der Waals surface area contributed by atoms with E-state index >= 15 is 0 Å². The van der Waals surface area contributed by atoms with Gasteiger partial charge >= 0.3 is 5.97 Å². The minimum Gasteiger partial charge on any atom is -0.466 e. The van der Waals surface area contributed by atoms with Gasteiger partial charge in [-0.1, -0.05) is 42.5 Å². The number of hydrogen-bond acceptors (Lipinski definition) is 3. The lowest BCUT2D eigenvalue weighted by atomic mass is 9.91. The Morgan fingerprint density at radius 1 is 1.18 bits per heavy atom. The molecule has 0 fully saturated rings. The number of nitrogens with one attached hydrogen (secondary N) is 2. The van der Waals surface area contributed by atoms with Gasteiger partial charge in [-0.2, -0.15) is 0 Å². The summed E-state index contributed by atoms with van der Waals surface area (Å²) in [6, 6.07) is 13.8. The number of hydrogen-bond donors (Lipinski definition) is 2. The molecule has 0 saturated carbocycles. The molecule has 2 N–H and O–H groups in total. The highest BCUT2D eigenvalue weighted by atomic mass is 32.1. The maximum absolute atomic E-state index is 12.2. The SMILES string of the molecule is COC(=O)C1=C(C)NC(=S)NC1c1cccc2ccccc12. The predicted octanol–water partition coefficient (Wildman–Crippen LogP) is 2.81. The summed E-state index contributed by atoms with van der Waals surface area (Å²) in [5.74, 6) is -0.363. The molecule has 2 aromatic carbocycles. The average molecular weight is 312 g/mol. The molecule has 0 radical (unpaired) electrons. The molecule has 112 valence electrons. The molecule has 3 rings (SSSR count). The van der Waals surface area contributed by atoms with Gasteiger partial charge in [-0.15, -0.1) is 0 Å². The van der Waals surface area contributed by atoms with Gasteiger partial charge in [0.05, 0.1) is 18.7 Å². The van der Waals surface area contributed by atoms with E-state index in [-0.39, 0.29) is 12.0 Å². The summed E-state index contributed by atoms with van der Waals surface area (Å²) < 4.78 is 4.94. The second-order valence-electron chi connectivity index (χ2n) is 5.13. The van der Waals surface area contributed by atoms with Gasteiger partial charge in [0, 0.05) is 5.70 Å². The zero-order valence-corrected chi connectivity index (χ0v) is 13.2. The van der Waals surface area contributed by atoms with Gasteiger partial charge in [0.1, 0.15) is 0 Å². The molecule has 1 aliphatic rings. The van der Waals surface area contributed by atoms with Crippen LogP contribution in [0.2, 0.25) is 0 Å². The van der Waals surface area contributed by atoms with Crippen LogP contribution in [-0.4, -0.2) is 18.2 Å². The molecule has 1 heterocycles. The molecule has 0 aromatic heterocycles. The molecular weight excluding hydrogens is 296 g/mol. The van der Waals surface area contributed by atoms with Gasteiger partial charge < -0.3 is 15.4 Å². The number of thiocarbonyl (C=S) groups is 1. The standard InChI is InChI=1S/C17H16N2O2S/c1-10-14(16(20)21-2)15(19-17(22)18-10)13-9-5-7-11-6-3-4-8-12(11)13/h3-9,15H,1-2H3,(H2,18,19,22). The van der Waals surface area contributed by atoms with Crippen LogP contribution in [0.3, 0.4) is 0 Å². The summed E-state index contributed by atoms with van der Waals surface area (Å²) in [5, 5.41) is 8.88. The smallest absolute Gasteiger partial charge is 0.337 e. The fraction of sp³-hybridized carbons (Fsp3) is 0.176. The number of carbonyl (C=O) groups is 1. The summed E-state index contributed by atoms with van der Waals surface area (Å²) >= 11 is 5.25. The number of methoxy groups -OCH3 is 1. The van der Waals surface area contributed by atoms with Gasteiger partial charge in [-0.3, -0.25) is 0 Å². The molecule has 0 saturated heterocycles. The summed E-state index contributed by atoms with van der Waals surface area (Å²) in [5.41, 5.74) is 2.27. The molecule has 0 bridgehead atoms. The first-order valence-electron chi connectivity index (χ1n) is 6.96. The molecule has 0 spiro atoms. The highest BCUT2D eigenvalue weighted by molar-refractivity contribution is 7.80. The van der Waals surface area contributed by atoms with Crippen molar-refractivity contribution in [3.05, 3.63) is 59.3 Å². The Balaban J connectivity index is 2.21. The van der Waals surface area contributed by atoms with Crippen LogP contribution in [0.25, 0.3) is 10.8 Å². The first-order chi connectivity index (χ1) is 10.6. The normalized spacial score (nSPS) is 17.9. The third-order valence-corrected chi connectivity index (χ3v) is 4.03. The van der Waals surface area contributed by atoms with E-state index in [1.165, 1.54) is 7.11 Å². The van der Waals surface area contributed by atoms with Crippen molar-refractivity contribution >= 4 is 34.1 Å². The monoisotopic (exact) mass is 312 g/mol. The lowest BCUT2D eigenvalue weighted by molar-refractivity contribution is -0.136. The topological polar surface area (TPSA) is 50.4 Å². The van der Waals surface area contributed by atoms with Gasteiger partial charge in [0.15, 0.2) is 5.11 Å².